The van der Waals surface area contributed by atoms with Crippen molar-refractivity contribution in [2.75, 3.05) is 20.1 Å². The molecule has 19 heavy (non-hydrogen) atoms. The second kappa shape index (κ2) is 6.32. The number of hydrogen-bond donors (Lipinski definition) is 1. The third-order valence-corrected chi connectivity index (χ3v) is 3.85. The summed E-state index contributed by atoms with van der Waals surface area (Å²) in [7, 11) is 2.12. The zero-order chi connectivity index (χ0) is 13.8. The third-order valence-electron chi connectivity index (χ3n) is 3.61. The van der Waals surface area contributed by atoms with Gasteiger partial charge in [-0.15, -0.1) is 0 Å². The first-order valence-electron chi connectivity index (χ1n) is 6.41. The molecule has 1 aromatic rings. The van der Waals surface area contributed by atoms with Crippen LogP contribution in [0.3, 0.4) is 0 Å². The number of nitrogens with one attached hydrogen (secondary N) is 1. The fraction of sp³-hybridized carbons (Fsp3) is 0.538. The summed E-state index contributed by atoms with van der Waals surface area (Å²) in [4.78, 5) is 12.9. The van der Waals surface area contributed by atoms with E-state index >= 15 is 0 Å². The summed E-state index contributed by atoms with van der Waals surface area (Å²) in [6.45, 7) is 2.49. The molecule has 1 saturated heterocycles. The zero-order valence-corrected chi connectivity index (χ0v) is 11.7. The first-order chi connectivity index (χ1) is 9.08. The Morgan fingerprint density at radius 3 is 3.00 bits per heavy atom. The fourth-order valence-electron chi connectivity index (χ4n) is 2.47. The summed E-state index contributed by atoms with van der Waals surface area (Å²) in [6.07, 6.45) is 2.41. The first kappa shape index (κ1) is 14.2. The van der Waals surface area contributed by atoms with Gasteiger partial charge in [0.2, 0.25) is 0 Å². The van der Waals surface area contributed by atoms with Gasteiger partial charge < -0.3 is 10.2 Å². The van der Waals surface area contributed by atoms with Crippen LogP contribution >= 0.6 is 11.6 Å². The Bertz CT molecular complexity index is 467. The maximum atomic E-state index is 11.0. The molecule has 0 saturated carbocycles. The van der Waals surface area contributed by atoms with Crippen molar-refractivity contribution in [1.82, 2.24) is 10.2 Å². The molecule has 0 aromatic heterocycles. The Kier molecular flexibility index (Phi) is 4.74. The second-order valence-electron chi connectivity index (χ2n) is 4.94. The van der Waals surface area contributed by atoms with Crippen molar-refractivity contribution >= 4 is 17.3 Å². The SMILES string of the molecule is CN1CCCC1CNCc1ccc(Cl)cc1[N+](=O)[O-]. The standard InChI is InChI=1S/C13H18ClN3O2/c1-16-6-2-3-12(16)9-15-8-10-4-5-11(14)7-13(10)17(18)19/h4-5,7,12,15H,2-3,6,8-9H2,1H3. The smallest absolute Gasteiger partial charge is 0.275 e. The number of benzene rings is 1. The molecule has 104 valence electrons. The van der Waals surface area contributed by atoms with Crippen LogP contribution in [0.2, 0.25) is 5.02 Å². The molecule has 1 N–H and O–H groups in total. The Balaban J connectivity index is 1.94. The van der Waals surface area contributed by atoms with Crippen molar-refractivity contribution < 1.29 is 4.92 Å². The molecule has 1 aliphatic heterocycles. The van der Waals surface area contributed by atoms with Crippen molar-refractivity contribution in [3.8, 4) is 0 Å². The van der Waals surface area contributed by atoms with Gasteiger partial charge in [-0.25, -0.2) is 0 Å². The molecule has 2 rings (SSSR count). The van der Waals surface area contributed by atoms with E-state index in [-0.39, 0.29) is 10.6 Å². The normalized spacial score (nSPS) is 19.8. The molecular formula is C13H18ClN3O2. The number of likely N-dealkylation sites (N-methyl/N-ethyl adjacent to an activating group) is 1. The molecule has 0 bridgehead atoms. The van der Waals surface area contributed by atoms with Crippen LogP contribution < -0.4 is 5.32 Å². The Hall–Kier alpha value is -1.17. The van der Waals surface area contributed by atoms with Crippen LogP contribution in [-0.4, -0.2) is 36.0 Å². The Morgan fingerprint density at radius 1 is 1.58 bits per heavy atom. The minimum Gasteiger partial charge on any atom is -0.311 e. The van der Waals surface area contributed by atoms with Crippen LogP contribution in [0, 0.1) is 10.1 Å². The van der Waals surface area contributed by atoms with Crippen molar-refractivity contribution in [2.24, 2.45) is 0 Å². The number of halogens is 1. The van der Waals surface area contributed by atoms with Crippen LogP contribution in [0.15, 0.2) is 18.2 Å². The highest BCUT2D eigenvalue weighted by Gasteiger charge is 2.20. The summed E-state index contributed by atoms with van der Waals surface area (Å²) in [5.74, 6) is 0. The number of nitro benzene ring substituents is 1. The van der Waals surface area contributed by atoms with Crippen LogP contribution in [0.1, 0.15) is 18.4 Å². The molecule has 0 spiro atoms. The molecule has 1 aliphatic rings. The molecule has 1 unspecified atom stereocenters. The largest absolute Gasteiger partial charge is 0.311 e. The van der Waals surface area contributed by atoms with E-state index in [2.05, 4.69) is 17.3 Å². The lowest BCUT2D eigenvalue weighted by Gasteiger charge is -2.19. The number of likely N-dealkylation sites (tertiary alicyclic amines) is 1. The summed E-state index contributed by atoms with van der Waals surface area (Å²) in [5.41, 5.74) is 0.759. The number of nitrogens with zero attached hydrogens (tertiary/aromatic N) is 2. The van der Waals surface area contributed by atoms with Crippen LogP contribution in [0.25, 0.3) is 0 Å². The Morgan fingerprint density at radius 2 is 2.37 bits per heavy atom. The van der Waals surface area contributed by atoms with Gasteiger partial charge in [-0.1, -0.05) is 11.6 Å². The van der Waals surface area contributed by atoms with Gasteiger partial charge in [0.25, 0.3) is 5.69 Å². The highest BCUT2D eigenvalue weighted by molar-refractivity contribution is 6.30. The zero-order valence-electron chi connectivity index (χ0n) is 10.9. The predicted octanol–water partition coefficient (Wildman–Crippen LogP) is 2.43. The van der Waals surface area contributed by atoms with Gasteiger partial charge in [0.15, 0.2) is 0 Å². The van der Waals surface area contributed by atoms with E-state index < -0.39 is 0 Å². The average Bonchev–Trinajstić information content (AvgIpc) is 2.77. The number of rotatable bonds is 5. The molecule has 0 amide bonds. The molecule has 0 radical (unpaired) electrons. The van der Waals surface area contributed by atoms with Crippen molar-refractivity contribution in [1.29, 1.82) is 0 Å². The predicted molar refractivity (Wildman–Crippen MR) is 75.5 cm³/mol. The van der Waals surface area contributed by atoms with Crippen molar-refractivity contribution in [3.05, 3.63) is 38.9 Å². The highest BCUT2D eigenvalue weighted by atomic mass is 35.5. The second-order valence-corrected chi connectivity index (χ2v) is 5.37. The molecule has 1 fully saturated rings. The van der Waals surface area contributed by atoms with Crippen molar-refractivity contribution in [3.63, 3.8) is 0 Å². The van der Waals surface area contributed by atoms with Crippen LogP contribution in [0.5, 0.6) is 0 Å². The molecule has 6 heteroatoms. The van der Waals surface area contributed by atoms with Gasteiger partial charge in [0, 0.05) is 35.8 Å². The van der Waals surface area contributed by atoms with E-state index in [1.54, 1.807) is 12.1 Å². The molecule has 1 aromatic carbocycles. The maximum Gasteiger partial charge on any atom is 0.275 e. The molecule has 0 aliphatic carbocycles. The molecule has 5 nitrogen and oxygen atoms in total. The van der Waals surface area contributed by atoms with Gasteiger partial charge in [-0.2, -0.15) is 0 Å². The maximum absolute atomic E-state index is 11.0. The lowest BCUT2D eigenvalue weighted by atomic mass is 10.1. The van der Waals surface area contributed by atoms with E-state index in [0.29, 0.717) is 23.2 Å². The quantitative estimate of drug-likeness (QED) is 0.666. The molecule has 1 heterocycles. The third kappa shape index (κ3) is 3.65. The van der Waals surface area contributed by atoms with Gasteiger partial charge in [0.1, 0.15) is 0 Å². The van der Waals surface area contributed by atoms with Gasteiger partial charge in [-0.3, -0.25) is 10.1 Å². The van der Waals surface area contributed by atoms with E-state index in [4.69, 9.17) is 11.6 Å². The fourth-order valence-corrected chi connectivity index (χ4v) is 2.63. The molecule has 1 atom stereocenters. The van der Waals surface area contributed by atoms with E-state index in [1.807, 2.05) is 0 Å². The summed E-state index contributed by atoms with van der Waals surface area (Å²) in [5, 5.41) is 14.7. The average molecular weight is 284 g/mol. The topological polar surface area (TPSA) is 58.4 Å². The Labute approximate surface area is 117 Å². The van der Waals surface area contributed by atoms with E-state index in [0.717, 1.165) is 13.1 Å². The minimum absolute atomic E-state index is 0.0831. The van der Waals surface area contributed by atoms with E-state index in [1.165, 1.54) is 18.9 Å². The first-order valence-corrected chi connectivity index (χ1v) is 6.79. The monoisotopic (exact) mass is 283 g/mol. The molecular weight excluding hydrogens is 266 g/mol. The lowest BCUT2D eigenvalue weighted by molar-refractivity contribution is -0.385. The summed E-state index contributed by atoms with van der Waals surface area (Å²) >= 11 is 5.79. The lowest BCUT2D eigenvalue weighted by Crippen LogP contribution is -2.35. The van der Waals surface area contributed by atoms with Gasteiger partial charge in [0.05, 0.1) is 4.92 Å². The highest BCUT2D eigenvalue weighted by Crippen LogP contribution is 2.23. The van der Waals surface area contributed by atoms with Gasteiger partial charge in [-0.05, 0) is 38.6 Å². The van der Waals surface area contributed by atoms with Crippen LogP contribution in [0.4, 0.5) is 5.69 Å². The summed E-state index contributed by atoms with van der Waals surface area (Å²) < 4.78 is 0. The number of hydrogen-bond acceptors (Lipinski definition) is 4. The van der Waals surface area contributed by atoms with Crippen molar-refractivity contribution in [2.45, 2.75) is 25.4 Å². The van der Waals surface area contributed by atoms with E-state index in [9.17, 15) is 10.1 Å². The number of nitro groups is 1. The van der Waals surface area contributed by atoms with Gasteiger partial charge >= 0.3 is 0 Å². The minimum atomic E-state index is -0.384. The summed E-state index contributed by atoms with van der Waals surface area (Å²) in [6, 6.07) is 5.34. The van der Waals surface area contributed by atoms with Crippen LogP contribution in [-0.2, 0) is 6.54 Å².